The van der Waals surface area contributed by atoms with Crippen LogP contribution >= 0.6 is 0 Å². The minimum atomic E-state index is -0.755. The maximum Gasteiger partial charge on any atom is 0.305 e. The third-order valence-corrected chi connectivity index (χ3v) is 4.94. The third-order valence-electron chi connectivity index (χ3n) is 4.94. The van der Waals surface area contributed by atoms with Crippen molar-refractivity contribution < 1.29 is 9.90 Å². The Morgan fingerprint density at radius 2 is 1.79 bits per heavy atom. The number of unbranched alkanes of at least 4 members (excludes halogenated alkanes) is 2. The number of carboxylic acids is 1. The average Bonchev–Trinajstić information content (AvgIpc) is 2.72. The van der Waals surface area contributed by atoms with Crippen molar-refractivity contribution in [2.24, 2.45) is 0 Å². The Kier molecular flexibility index (Phi) is 9.40. The molecule has 0 saturated heterocycles. The highest BCUT2D eigenvalue weighted by molar-refractivity contribution is 5.67. The summed E-state index contributed by atoms with van der Waals surface area (Å²) in [6, 6.07) is 8.82. The van der Waals surface area contributed by atoms with Crippen molar-refractivity contribution in [1.82, 2.24) is 4.90 Å². The first-order valence-electron chi connectivity index (χ1n) is 10.5. The van der Waals surface area contributed by atoms with Crippen LogP contribution in [-0.2, 0) is 4.79 Å². The predicted octanol–water partition coefficient (Wildman–Crippen LogP) is 5.34. The molecule has 1 aliphatic heterocycles. The molecule has 2 rings (SSSR count). The number of anilines is 1. The van der Waals surface area contributed by atoms with Crippen LogP contribution in [0.4, 0.5) is 5.69 Å². The van der Waals surface area contributed by atoms with Crippen molar-refractivity contribution in [1.29, 1.82) is 0 Å². The lowest BCUT2D eigenvalue weighted by Crippen LogP contribution is -2.25. The van der Waals surface area contributed by atoms with Gasteiger partial charge in [-0.1, -0.05) is 57.0 Å². The van der Waals surface area contributed by atoms with Crippen molar-refractivity contribution in [2.75, 3.05) is 31.1 Å². The predicted molar refractivity (Wildman–Crippen MR) is 119 cm³/mol. The SMILES string of the molecule is CCCCN(CCCC)c1ccc(C=CC2=CCN(CCC(=O)O)C=C2)cc1. The Morgan fingerprint density at radius 1 is 1.11 bits per heavy atom. The van der Waals surface area contributed by atoms with Gasteiger partial charge in [0.2, 0.25) is 0 Å². The van der Waals surface area contributed by atoms with Gasteiger partial charge in [-0.3, -0.25) is 4.79 Å². The summed E-state index contributed by atoms with van der Waals surface area (Å²) in [5, 5.41) is 8.76. The molecule has 1 N–H and O–H groups in total. The summed E-state index contributed by atoms with van der Waals surface area (Å²) in [6.07, 6.45) is 15.5. The number of carboxylic acid groups (broad SMARTS) is 1. The summed E-state index contributed by atoms with van der Waals surface area (Å²) in [5.41, 5.74) is 3.66. The highest BCUT2D eigenvalue weighted by Gasteiger charge is 2.06. The highest BCUT2D eigenvalue weighted by atomic mass is 16.4. The summed E-state index contributed by atoms with van der Waals surface area (Å²) < 4.78 is 0. The highest BCUT2D eigenvalue weighted by Crippen LogP contribution is 2.19. The van der Waals surface area contributed by atoms with Crippen LogP contribution in [0.3, 0.4) is 0 Å². The van der Waals surface area contributed by atoms with Gasteiger partial charge < -0.3 is 14.9 Å². The number of benzene rings is 1. The number of hydrogen-bond acceptors (Lipinski definition) is 3. The van der Waals surface area contributed by atoms with Crippen LogP contribution in [0, 0.1) is 0 Å². The molecule has 0 aliphatic carbocycles. The van der Waals surface area contributed by atoms with E-state index >= 15 is 0 Å². The smallest absolute Gasteiger partial charge is 0.305 e. The van der Waals surface area contributed by atoms with Gasteiger partial charge in [0.25, 0.3) is 0 Å². The second kappa shape index (κ2) is 12.1. The molecule has 1 aromatic carbocycles. The Bertz CT molecular complexity index is 681. The van der Waals surface area contributed by atoms with Crippen molar-refractivity contribution in [3.8, 4) is 0 Å². The molecule has 152 valence electrons. The molecular weight excluding hydrogens is 348 g/mol. The fourth-order valence-electron chi connectivity index (χ4n) is 3.13. The fourth-order valence-corrected chi connectivity index (χ4v) is 3.13. The minimum absolute atomic E-state index is 0.170. The molecule has 4 heteroatoms. The van der Waals surface area contributed by atoms with Gasteiger partial charge in [0.15, 0.2) is 0 Å². The lowest BCUT2D eigenvalue weighted by molar-refractivity contribution is -0.137. The second-order valence-electron chi connectivity index (χ2n) is 7.28. The maximum atomic E-state index is 10.7. The van der Waals surface area contributed by atoms with Crippen LogP contribution in [-0.4, -0.2) is 42.2 Å². The molecule has 0 bridgehead atoms. The molecule has 0 unspecified atom stereocenters. The zero-order valence-corrected chi connectivity index (χ0v) is 17.3. The quantitative estimate of drug-likeness (QED) is 0.530. The molecule has 0 spiro atoms. The standard InChI is InChI=1S/C24H34N2O2/c1-3-5-16-26(17-6-4-2)23-11-9-21(10-12-23)7-8-22-13-18-25(19-14-22)20-15-24(27)28/h7-14,18H,3-6,15-17,19-20H2,1-2H3,(H,27,28). The molecule has 1 heterocycles. The van der Waals surface area contributed by atoms with Gasteiger partial charge in [0, 0.05) is 31.9 Å². The first-order chi connectivity index (χ1) is 13.6. The number of rotatable bonds is 12. The number of hydrogen-bond donors (Lipinski definition) is 1. The summed E-state index contributed by atoms with van der Waals surface area (Å²) in [5.74, 6) is -0.755. The molecule has 0 amide bonds. The average molecular weight is 383 g/mol. The zero-order chi connectivity index (χ0) is 20.2. The van der Waals surface area contributed by atoms with Crippen LogP contribution in [0.5, 0.6) is 0 Å². The normalized spacial score (nSPS) is 13.8. The van der Waals surface area contributed by atoms with Gasteiger partial charge in [-0.25, -0.2) is 0 Å². The first-order valence-corrected chi connectivity index (χ1v) is 10.5. The van der Waals surface area contributed by atoms with Gasteiger partial charge in [0.05, 0.1) is 6.42 Å². The Balaban J connectivity index is 1.91. The van der Waals surface area contributed by atoms with E-state index in [0.717, 1.165) is 25.2 Å². The fraction of sp³-hybridized carbons (Fsp3) is 0.458. The van der Waals surface area contributed by atoms with Crippen molar-refractivity contribution >= 4 is 17.7 Å². The van der Waals surface area contributed by atoms with Crippen molar-refractivity contribution in [2.45, 2.75) is 46.0 Å². The first kappa shape index (κ1) is 21.8. The van der Waals surface area contributed by atoms with E-state index in [2.05, 4.69) is 61.2 Å². The summed E-state index contributed by atoms with van der Waals surface area (Å²) in [4.78, 5) is 15.2. The Morgan fingerprint density at radius 3 is 2.32 bits per heavy atom. The molecule has 1 aliphatic rings. The van der Waals surface area contributed by atoms with Gasteiger partial charge >= 0.3 is 5.97 Å². The van der Waals surface area contributed by atoms with Crippen molar-refractivity contribution in [3.63, 3.8) is 0 Å². The summed E-state index contributed by atoms with van der Waals surface area (Å²) >= 11 is 0. The van der Waals surface area contributed by atoms with E-state index < -0.39 is 5.97 Å². The largest absolute Gasteiger partial charge is 0.481 e. The van der Waals surface area contributed by atoms with Gasteiger partial charge in [-0.2, -0.15) is 0 Å². The van der Waals surface area contributed by atoms with E-state index in [-0.39, 0.29) is 6.42 Å². The van der Waals surface area contributed by atoms with E-state index in [1.54, 1.807) is 0 Å². The number of aliphatic carboxylic acids is 1. The van der Waals surface area contributed by atoms with Crippen molar-refractivity contribution in [3.05, 3.63) is 59.8 Å². The van der Waals surface area contributed by atoms with E-state index in [4.69, 9.17) is 5.11 Å². The van der Waals surface area contributed by atoms with Crippen LogP contribution in [0.1, 0.15) is 51.5 Å². The molecule has 0 radical (unpaired) electrons. The van der Waals surface area contributed by atoms with Crippen LogP contribution in [0.2, 0.25) is 0 Å². The summed E-state index contributed by atoms with van der Waals surface area (Å²) in [7, 11) is 0. The lowest BCUT2D eigenvalue weighted by atomic mass is 10.1. The molecule has 1 aromatic rings. The van der Waals surface area contributed by atoms with E-state index in [9.17, 15) is 4.79 Å². The van der Waals surface area contributed by atoms with Crippen LogP contribution in [0.15, 0.2) is 54.3 Å². The molecule has 0 aromatic heterocycles. The molecule has 4 nitrogen and oxygen atoms in total. The molecule has 0 atom stereocenters. The monoisotopic (exact) mass is 382 g/mol. The van der Waals surface area contributed by atoms with Gasteiger partial charge in [-0.05, 0) is 48.4 Å². The third kappa shape index (κ3) is 7.63. The Hall–Kier alpha value is -2.49. The van der Waals surface area contributed by atoms with Crippen LogP contribution < -0.4 is 4.90 Å². The van der Waals surface area contributed by atoms with Crippen LogP contribution in [0.25, 0.3) is 6.08 Å². The second-order valence-corrected chi connectivity index (χ2v) is 7.28. The van der Waals surface area contributed by atoms with Gasteiger partial charge in [-0.15, -0.1) is 0 Å². The van der Waals surface area contributed by atoms with E-state index in [1.807, 2.05) is 17.2 Å². The zero-order valence-electron chi connectivity index (χ0n) is 17.3. The minimum Gasteiger partial charge on any atom is -0.481 e. The molecular formula is C24H34N2O2. The molecule has 28 heavy (non-hydrogen) atoms. The molecule has 0 saturated carbocycles. The van der Waals surface area contributed by atoms with E-state index in [0.29, 0.717) is 6.54 Å². The number of carbonyl (C=O) groups is 1. The maximum absolute atomic E-state index is 10.7. The Labute approximate surface area is 169 Å². The summed E-state index contributed by atoms with van der Waals surface area (Å²) in [6.45, 7) is 8.04. The lowest BCUT2D eigenvalue weighted by Gasteiger charge is -2.24. The number of allylic oxidation sites excluding steroid dienone is 3. The van der Waals surface area contributed by atoms with Gasteiger partial charge in [0.1, 0.15) is 0 Å². The topological polar surface area (TPSA) is 43.8 Å². The number of nitrogens with zero attached hydrogens (tertiary/aromatic N) is 2. The molecule has 0 fully saturated rings. The van der Waals surface area contributed by atoms with E-state index in [1.165, 1.54) is 36.9 Å².